The van der Waals surface area contributed by atoms with E-state index in [1.54, 1.807) is 0 Å². The van der Waals surface area contributed by atoms with Crippen molar-refractivity contribution < 1.29 is 4.74 Å². The number of rotatable bonds is 3. The van der Waals surface area contributed by atoms with E-state index in [1.807, 2.05) is 50.3 Å². The topological polar surface area (TPSA) is 56.8 Å². The lowest BCUT2D eigenvalue weighted by molar-refractivity contribution is 0.242. The Morgan fingerprint density at radius 2 is 1.88 bits per heavy atom. The van der Waals surface area contributed by atoms with Gasteiger partial charge >= 0.3 is 0 Å². The molecule has 0 bridgehead atoms. The molecule has 16 heavy (non-hydrogen) atoms. The van der Waals surface area contributed by atoms with E-state index in [-0.39, 0.29) is 11.7 Å². The van der Waals surface area contributed by atoms with Crippen LogP contribution in [0.3, 0.4) is 0 Å². The maximum absolute atomic E-state index is 8.68. The Labute approximate surface area is 95.2 Å². The van der Waals surface area contributed by atoms with Crippen molar-refractivity contribution in [2.24, 2.45) is 0 Å². The maximum Gasteiger partial charge on any atom is 0.130 e. The normalized spacial score (nSPS) is 9.06. The van der Waals surface area contributed by atoms with Gasteiger partial charge in [-0.3, -0.25) is 0 Å². The Balaban J connectivity index is 3.10. The summed E-state index contributed by atoms with van der Waals surface area (Å²) in [5, 5.41) is 17.4. The summed E-state index contributed by atoms with van der Waals surface area (Å²) in [4.78, 5) is 0. The highest BCUT2D eigenvalue weighted by molar-refractivity contribution is 5.66. The minimum Gasteiger partial charge on any atom is -0.490 e. The smallest absolute Gasteiger partial charge is 0.130 e. The van der Waals surface area contributed by atoms with Crippen molar-refractivity contribution in [3.63, 3.8) is 0 Å². The number of ether oxygens (including phenoxy) is 1. The average Bonchev–Trinajstić information content (AvgIpc) is 2.27. The molecule has 0 unspecified atom stereocenters. The first-order valence-electron chi connectivity index (χ1n) is 4.95. The van der Waals surface area contributed by atoms with Crippen LogP contribution in [-0.4, -0.2) is 6.10 Å². The van der Waals surface area contributed by atoms with Gasteiger partial charge in [0.2, 0.25) is 0 Å². The molecule has 0 spiro atoms. The molecule has 0 radical (unpaired) electrons. The third-order valence-corrected chi connectivity index (χ3v) is 1.82. The van der Waals surface area contributed by atoms with Crippen LogP contribution in [0.2, 0.25) is 0 Å². The van der Waals surface area contributed by atoms with Crippen molar-refractivity contribution in [3.05, 3.63) is 35.4 Å². The van der Waals surface area contributed by atoms with Crippen LogP contribution < -0.4 is 4.74 Å². The quantitative estimate of drug-likeness (QED) is 0.724. The van der Waals surface area contributed by atoms with E-state index in [0.29, 0.717) is 5.75 Å². The molecule has 0 N–H and O–H groups in total. The van der Waals surface area contributed by atoms with E-state index in [1.165, 1.54) is 6.08 Å². The van der Waals surface area contributed by atoms with Crippen molar-refractivity contribution in [1.82, 2.24) is 0 Å². The minimum atomic E-state index is 0.0576. The lowest BCUT2D eigenvalue weighted by Crippen LogP contribution is -2.06. The Hall–Kier alpha value is -2.26. The summed E-state index contributed by atoms with van der Waals surface area (Å²) in [6, 6.07) is 11.0. The largest absolute Gasteiger partial charge is 0.490 e. The molecule has 0 heterocycles. The molecular weight excluding hydrogens is 200 g/mol. The molecule has 3 nitrogen and oxygen atoms in total. The van der Waals surface area contributed by atoms with E-state index >= 15 is 0 Å². The van der Waals surface area contributed by atoms with Crippen molar-refractivity contribution in [1.29, 1.82) is 10.5 Å². The highest BCUT2D eigenvalue weighted by atomic mass is 16.5. The van der Waals surface area contributed by atoms with Gasteiger partial charge in [0, 0.05) is 5.56 Å². The summed E-state index contributed by atoms with van der Waals surface area (Å²) in [6.07, 6.45) is 1.58. The summed E-state index contributed by atoms with van der Waals surface area (Å²) in [5.41, 5.74) is 0.814. The SMILES string of the molecule is CC(C)Oc1ccccc1C=C(C#N)C#N. The number of nitrogens with zero attached hydrogens (tertiary/aromatic N) is 2. The van der Waals surface area contributed by atoms with Gasteiger partial charge in [-0.2, -0.15) is 10.5 Å². The van der Waals surface area contributed by atoms with Gasteiger partial charge in [0.25, 0.3) is 0 Å². The lowest BCUT2D eigenvalue weighted by Gasteiger charge is -2.11. The monoisotopic (exact) mass is 212 g/mol. The second-order valence-corrected chi connectivity index (χ2v) is 3.49. The Morgan fingerprint density at radius 3 is 2.44 bits per heavy atom. The van der Waals surface area contributed by atoms with Crippen molar-refractivity contribution >= 4 is 6.08 Å². The van der Waals surface area contributed by atoms with Gasteiger partial charge in [-0.05, 0) is 26.0 Å². The second-order valence-electron chi connectivity index (χ2n) is 3.49. The third kappa shape index (κ3) is 3.15. The summed E-state index contributed by atoms with van der Waals surface area (Å²) >= 11 is 0. The molecule has 1 aromatic carbocycles. The van der Waals surface area contributed by atoms with Crippen LogP contribution >= 0.6 is 0 Å². The van der Waals surface area contributed by atoms with Gasteiger partial charge in [0.15, 0.2) is 0 Å². The predicted octanol–water partition coefficient (Wildman–Crippen LogP) is 2.90. The molecular formula is C13H12N2O. The average molecular weight is 212 g/mol. The van der Waals surface area contributed by atoms with Crippen LogP contribution in [0, 0.1) is 22.7 Å². The first kappa shape index (κ1) is 11.8. The molecule has 3 heteroatoms. The molecule has 0 aliphatic rings. The highest BCUT2D eigenvalue weighted by Crippen LogP contribution is 2.21. The fourth-order valence-electron chi connectivity index (χ4n) is 1.21. The summed E-state index contributed by atoms with van der Waals surface area (Å²) in [5.74, 6) is 0.681. The van der Waals surface area contributed by atoms with Gasteiger partial charge in [-0.1, -0.05) is 18.2 Å². The third-order valence-electron chi connectivity index (χ3n) is 1.82. The van der Waals surface area contributed by atoms with Gasteiger partial charge in [0.05, 0.1) is 6.10 Å². The molecule has 0 saturated carbocycles. The Morgan fingerprint density at radius 1 is 1.25 bits per heavy atom. The van der Waals surface area contributed by atoms with E-state index in [2.05, 4.69) is 0 Å². The number of allylic oxidation sites excluding steroid dienone is 1. The van der Waals surface area contributed by atoms with E-state index < -0.39 is 0 Å². The zero-order valence-electron chi connectivity index (χ0n) is 9.27. The van der Waals surface area contributed by atoms with Gasteiger partial charge in [0.1, 0.15) is 23.5 Å². The van der Waals surface area contributed by atoms with Crippen molar-refractivity contribution in [2.75, 3.05) is 0 Å². The number of nitriles is 2. The predicted molar refractivity (Wildman–Crippen MR) is 61.4 cm³/mol. The number of hydrogen-bond donors (Lipinski definition) is 0. The first-order chi connectivity index (χ1) is 7.67. The standard InChI is InChI=1S/C13H12N2O/c1-10(2)16-13-6-4-3-5-12(13)7-11(8-14)9-15/h3-7,10H,1-2H3. The van der Waals surface area contributed by atoms with Crippen molar-refractivity contribution in [2.45, 2.75) is 20.0 Å². The van der Waals surface area contributed by atoms with E-state index in [0.717, 1.165) is 5.56 Å². The number of para-hydroxylation sites is 1. The maximum atomic E-state index is 8.68. The Kier molecular flexibility index (Phi) is 4.12. The number of benzene rings is 1. The molecule has 80 valence electrons. The van der Waals surface area contributed by atoms with E-state index in [9.17, 15) is 0 Å². The Bertz CT molecular complexity index is 459. The van der Waals surface area contributed by atoms with Crippen LogP contribution in [0.4, 0.5) is 0 Å². The summed E-state index contributed by atoms with van der Waals surface area (Å²) < 4.78 is 5.57. The van der Waals surface area contributed by atoms with Crippen LogP contribution in [-0.2, 0) is 0 Å². The van der Waals surface area contributed by atoms with Crippen LogP contribution in [0.5, 0.6) is 5.75 Å². The zero-order chi connectivity index (χ0) is 12.0. The van der Waals surface area contributed by atoms with Crippen LogP contribution in [0.25, 0.3) is 6.08 Å². The van der Waals surface area contributed by atoms with Crippen LogP contribution in [0.1, 0.15) is 19.4 Å². The lowest BCUT2D eigenvalue weighted by atomic mass is 10.1. The van der Waals surface area contributed by atoms with Gasteiger partial charge in [-0.25, -0.2) is 0 Å². The molecule has 0 aliphatic carbocycles. The summed E-state index contributed by atoms with van der Waals surface area (Å²) in [7, 11) is 0. The molecule has 0 fully saturated rings. The summed E-state index contributed by atoms with van der Waals surface area (Å²) in [6.45, 7) is 3.85. The van der Waals surface area contributed by atoms with Gasteiger partial charge < -0.3 is 4.74 Å². The second kappa shape index (κ2) is 5.58. The molecule has 1 rings (SSSR count). The fraction of sp³-hybridized carbons (Fsp3) is 0.231. The molecule has 0 atom stereocenters. The van der Waals surface area contributed by atoms with Crippen LogP contribution in [0.15, 0.2) is 29.8 Å². The molecule has 0 amide bonds. The number of hydrogen-bond acceptors (Lipinski definition) is 3. The molecule has 0 saturated heterocycles. The highest BCUT2D eigenvalue weighted by Gasteiger charge is 2.03. The van der Waals surface area contributed by atoms with Crippen molar-refractivity contribution in [3.8, 4) is 17.9 Å². The molecule has 0 aliphatic heterocycles. The molecule has 1 aromatic rings. The zero-order valence-corrected chi connectivity index (χ0v) is 9.27. The molecule has 0 aromatic heterocycles. The first-order valence-corrected chi connectivity index (χ1v) is 4.95. The van der Waals surface area contributed by atoms with Gasteiger partial charge in [-0.15, -0.1) is 0 Å². The fourth-order valence-corrected chi connectivity index (χ4v) is 1.21. The van der Waals surface area contributed by atoms with E-state index in [4.69, 9.17) is 15.3 Å². The minimum absolute atomic E-state index is 0.0576.